The Bertz CT molecular complexity index is 360. The maximum Gasteiger partial charge on any atom is 0.214 e. The number of fused-ring (bicyclic) bond motifs is 1. The molecule has 1 aromatic rings. The van der Waals surface area contributed by atoms with Gasteiger partial charge in [-0.1, -0.05) is 0 Å². The Morgan fingerprint density at radius 1 is 1.31 bits per heavy atom. The van der Waals surface area contributed by atoms with Gasteiger partial charge in [0.2, 0.25) is 6.41 Å². The van der Waals surface area contributed by atoms with Crippen LogP contribution in [0.4, 0.5) is 5.69 Å². The van der Waals surface area contributed by atoms with E-state index in [-0.39, 0.29) is 0 Å². The smallest absolute Gasteiger partial charge is 0.214 e. The van der Waals surface area contributed by atoms with Crippen LogP contribution in [0.2, 0.25) is 0 Å². The first-order valence-corrected chi connectivity index (χ1v) is 4.15. The normalized spacial score (nSPS) is 14.0. The lowest BCUT2D eigenvalue weighted by molar-refractivity contribution is -0.107. The molecule has 0 aliphatic carbocycles. The van der Waals surface area contributed by atoms with Crippen LogP contribution in [0.1, 0.15) is 15.9 Å². The van der Waals surface area contributed by atoms with Crippen LogP contribution < -0.4 is 4.90 Å². The predicted molar refractivity (Wildman–Crippen MR) is 48.9 cm³/mol. The first-order valence-electron chi connectivity index (χ1n) is 4.15. The number of hydrogen-bond acceptors (Lipinski definition) is 2. The molecule has 0 radical (unpaired) electrons. The van der Waals surface area contributed by atoms with E-state index in [0.717, 1.165) is 36.9 Å². The number of amides is 1. The standard InChI is InChI=1S/C10H9NO2/c12-6-8-1-2-10-9(5-8)3-4-11(10)7-13/h1-2,5-7H,3-4H2. The fourth-order valence-corrected chi connectivity index (χ4v) is 1.63. The van der Waals surface area contributed by atoms with Crippen LogP contribution in [0, 0.1) is 0 Å². The van der Waals surface area contributed by atoms with Crippen molar-refractivity contribution in [2.45, 2.75) is 6.42 Å². The number of hydrogen-bond donors (Lipinski definition) is 0. The molecule has 0 atom stereocenters. The maximum atomic E-state index is 10.6. The first kappa shape index (κ1) is 7.98. The Kier molecular flexibility index (Phi) is 1.85. The van der Waals surface area contributed by atoms with Gasteiger partial charge < -0.3 is 4.90 Å². The number of carbonyl (C=O) groups is 2. The molecular weight excluding hydrogens is 166 g/mol. The zero-order valence-corrected chi connectivity index (χ0v) is 7.06. The van der Waals surface area contributed by atoms with Gasteiger partial charge in [0.15, 0.2) is 0 Å². The molecule has 0 saturated carbocycles. The summed E-state index contributed by atoms with van der Waals surface area (Å²) in [5.74, 6) is 0. The Morgan fingerprint density at radius 3 is 2.85 bits per heavy atom. The molecule has 1 aliphatic heterocycles. The number of nitrogens with zero attached hydrogens (tertiary/aromatic N) is 1. The van der Waals surface area contributed by atoms with E-state index in [0.29, 0.717) is 5.56 Å². The van der Waals surface area contributed by atoms with Gasteiger partial charge in [-0.25, -0.2) is 0 Å². The number of benzene rings is 1. The SMILES string of the molecule is O=Cc1ccc2c(c1)CCN2C=O. The molecular formula is C10H9NO2. The molecule has 13 heavy (non-hydrogen) atoms. The molecule has 0 fully saturated rings. The molecule has 2 rings (SSSR count). The summed E-state index contributed by atoms with van der Waals surface area (Å²) < 4.78 is 0. The molecule has 1 aliphatic rings. The van der Waals surface area contributed by atoms with Crippen molar-refractivity contribution < 1.29 is 9.59 Å². The molecule has 1 amide bonds. The van der Waals surface area contributed by atoms with Gasteiger partial charge in [-0.2, -0.15) is 0 Å². The third kappa shape index (κ3) is 1.22. The van der Waals surface area contributed by atoms with Gasteiger partial charge in [0.05, 0.1) is 0 Å². The van der Waals surface area contributed by atoms with Crippen molar-refractivity contribution >= 4 is 18.4 Å². The lowest BCUT2D eigenvalue weighted by Crippen LogP contribution is -2.17. The molecule has 3 heteroatoms. The van der Waals surface area contributed by atoms with Crippen molar-refractivity contribution in [1.82, 2.24) is 0 Å². The Labute approximate surface area is 76.0 Å². The molecule has 3 nitrogen and oxygen atoms in total. The molecule has 1 heterocycles. The van der Waals surface area contributed by atoms with E-state index < -0.39 is 0 Å². The summed E-state index contributed by atoms with van der Waals surface area (Å²) in [6.07, 6.45) is 2.49. The van der Waals surface area contributed by atoms with Crippen LogP contribution in [-0.2, 0) is 11.2 Å². The van der Waals surface area contributed by atoms with Gasteiger partial charge in [0.1, 0.15) is 6.29 Å². The van der Waals surface area contributed by atoms with Gasteiger partial charge in [0, 0.05) is 17.8 Å². The summed E-state index contributed by atoms with van der Waals surface area (Å²) in [5.41, 5.74) is 2.68. The first-order chi connectivity index (χ1) is 6.35. The maximum absolute atomic E-state index is 10.6. The van der Waals surface area contributed by atoms with Crippen LogP contribution >= 0.6 is 0 Å². The van der Waals surface area contributed by atoms with Gasteiger partial charge in [-0.3, -0.25) is 9.59 Å². The highest BCUT2D eigenvalue weighted by Crippen LogP contribution is 2.26. The Hall–Kier alpha value is -1.64. The van der Waals surface area contributed by atoms with Crippen molar-refractivity contribution in [1.29, 1.82) is 0 Å². The third-order valence-corrected chi connectivity index (χ3v) is 2.30. The summed E-state index contributed by atoms with van der Waals surface area (Å²) in [5, 5.41) is 0. The van der Waals surface area contributed by atoms with Gasteiger partial charge >= 0.3 is 0 Å². The summed E-state index contributed by atoms with van der Waals surface area (Å²) in [6.45, 7) is 0.723. The number of rotatable bonds is 2. The average molecular weight is 175 g/mol. The Morgan fingerprint density at radius 2 is 2.15 bits per heavy atom. The molecule has 0 aromatic heterocycles. The average Bonchev–Trinajstić information content (AvgIpc) is 2.59. The molecule has 0 spiro atoms. The summed E-state index contributed by atoms with van der Waals surface area (Å²) in [6, 6.07) is 5.39. The minimum atomic E-state index is 0.673. The molecule has 0 N–H and O–H groups in total. The van der Waals surface area contributed by atoms with E-state index in [4.69, 9.17) is 0 Å². The van der Waals surface area contributed by atoms with Crippen LogP contribution in [0.15, 0.2) is 18.2 Å². The highest BCUT2D eigenvalue weighted by molar-refractivity contribution is 5.83. The van der Waals surface area contributed by atoms with Crippen molar-refractivity contribution in [3.63, 3.8) is 0 Å². The van der Waals surface area contributed by atoms with Crippen molar-refractivity contribution in [3.05, 3.63) is 29.3 Å². The number of aldehydes is 1. The van der Waals surface area contributed by atoms with E-state index >= 15 is 0 Å². The molecule has 0 unspecified atom stereocenters. The lowest BCUT2D eigenvalue weighted by Gasteiger charge is -2.09. The molecule has 0 saturated heterocycles. The summed E-state index contributed by atoms with van der Waals surface area (Å²) in [4.78, 5) is 22.7. The van der Waals surface area contributed by atoms with Gasteiger partial charge in [-0.15, -0.1) is 0 Å². The predicted octanol–water partition coefficient (Wildman–Crippen LogP) is 1.02. The van der Waals surface area contributed by atoms with Crippen molar-refractivity contribution in [2.75, 3.05) is 11.4 Å². The van der Waals surface area contributed by atoms with Crippen molar-refractivity contribution in [2.24, 2.45) is 0 Å². The van der Waals surface area contributed by atoms with Crippen molar-refractivity contribution in [3.8, 4) is 0 Å². The number of carbonyl (C=O) groups excluding carboxylic acids is 2. The highest BCUT2D eigenvalue weighted by Gasteiger charge is 2.17. The van der Waals surface area contributed by atoms with E-state index in [2.05, 4.69) is 0 Å². The van der Waals surface area contributed by atoms with Crippen LogP contribution in [0.5, 0.6) is 0 Å². The van der Waals surface area contributed by atoms with Crippen LogP contribution in [0.25, 0.3) is 0 Å². The zero-order valence-electron chi connectivity index (χ0n) is 7.06. The molecule has 0 bridgehead atoms. The second-order valence-electron chi connectivity index (χ2n) is 3.05. The molecule has 1 aromatic carbocycles. The summed E-state index contributed by atoms with van der Waals surface area (Å²) in [7, 11) is 0. The van der Waals surface area contributed by atoms with E-state index in [9.17, 15) is 9.59 Å². The fourth-order valence-electron chi connectivity index (χ4n) is 1.63. The van der Waals surface area contributed by atoms with Crippen LogP contribution in [0.3, 0.4) is 0 Å². The lowest BCUT2D eigenvalue weighted by atomic mass is 10.1. The monoisotopic (exact) mass is 175 g/mol. The summed E-state index contributed by atoms with van der Waals surface area (Å²) >= 11 is 0. The van der Waals surface area contributed by atoms with Gasteiger partial charge in [0.25, 0.3) is 0 Å². The second kappa shape index (κ2) is 3.01. The minimum absolute atomic E-state index is 0.673. The fraction of sp³-hybridized carbons (Fsp3) is 0.200. The zero-order chi connectivity index (χ0) is 9.26. The minimum Gasteiger partial charge on any atom is -0.314 e. The van der Waals surface area contributed by atoms with E-state index in [1.165, 1.54) is 0 Å². The van der Waals surface area contributed by atoms with E-state index in [1.807, 2.05) is 12.1 Å². The topological polar surface area (TPSA) is 37.4 Å². The Balaban J connectivity index is 2.45. The quantitative estimate of drug-likeness (QED) is 0.629. The largest absolute Gasteiger partial charge is 0.314 e. The van der Waals surface area contributed by atoms with Crippen LogP contribution in [-0.4, -0.2) is 19.2 Å². The third-order valence-electron chi connectivity index (χ3n) is 2.30. The highest BCUT2D eigenvalue weighted by atomic mass is 16.1. The number of anilines is 1. The van der Waals surface area contributed by atoms with E-state index in [1.54, 1.807) is 11.0 Å². The molecule has 66 valence electrons. The van der Waals surface area contributed by atoms with Gasteiger partial charge in [-0.05, 0) is 30.2 Å². The second-order valence-corrected chi connectivity index (χ2v) is 3.05.